The fraction of sp³-hybridized carbons (Fsp3) is 0.519. The standard InChI is InChI=1S/C27H33N3O8/c1-30(2)20-14-9-11-8-13-18(16(31)10-12(23(13)38-3)15-6-4-5-7-29-15)21(32)17(11)24(34)27(14,37)25(35)19(22(20)33)26(28)36/h10-11,14-15,20,29,31,33-34,37H,4-9H2,1-3H3,(H2,28,36)/t11-,14-,15?,20-,27-/m0/s1. The molecule has 0 saturated carbocycles. The highest BCUT2D eigenvalue weighted by atomic mass is 16.5. The molecule has 1 fully saturated rings. The molecule has 7 N–H and O–H groups in total. The number of Topliss-reactive ketones (excluding diaryl/α,β-unsaturated/α-hetero) is 2. The Balaban J connectivity index is 1.69. The molecule has 1 aromatic carbocycles. The van der Waals surface area contributed by atoms with Crippen LogP contribution in [-0.2, 0) is 16.0 Å². The number of ketones is 2. The molecular formula is C27H33N3O8. The number of ether oxygens (including phenoxy) is 1. The molecule has 3 aliphatic carbocycles. The second-order valence-electron chi connectivity index (χ2n) is 10.8. The van der Waals surface area contributed by atoms with Gasteiger partial charge >= 0.3 is 0 Å². The number of likely N-dealkylation sites (N-methyl/N-ethyl adjacent to an activating group) is 1. The number of primary amides is 1. The zero-order valence-corrected chi connectivity index (χ0v) is 21.6. The smallest absolute Gasteiger partial charge is 0.255 e. The molecule has 11 nitrogen and oxygen atoms in total. The van der Waals surface area contributed by atoms with Crippen molar-refractivity contribution in [1.82, 2.24) is 10.2 Å². The largest absolute Gasteiger partial charge is 0.510 e. The first kappa shape index (κ1) is 26.2. The number of hydrogen-bond acceptors (Lipinski definition) is 10. The number of nitrogens with two attached hydrogens (primary N) is 1. The Morgan fingerprint density at radius 1 is 1.21 bits per heavy atom. The van der Waals surface area contributed by atoms with Gasteiger partial charge < -0.3 is 36.2 Å². The van der Waals surface area contributed by atoms with Crippen LogP contribution in [0.2, 0.25) is 0 Å². The molecule has 5 rings (SSSR count). The molecule has 5 atom stereocenters. The van der Waals surface area contributed by atoms with Gasteiger partial charge in [0.05, 0.1) is 18.7 Å². The molecule has 4 aliphatic rings. The van der Waals surface area contributed by atoms with Crippen LogP contribution in [0.25, 0.3) is 0 Å². The van der Waals surface area contributed by atoms with Gasteiger partial charge in [0.2, 0.25) is 5.78 Å². The maximum absolute atomic E-state index is 13.8. The van der Waals surface area contributed by atoms with Gasteiger partial charge in [-0.3, -0.25) is 19.3 Å². The zero-order valence-electron chi connectivity index (χ0n) is 21.6. The Morgan fingerprint density at radius 2 is 1.92 bits per heavy atom. The summed E-state index contributed by atoms with van der Waals surface area (Å²) in [6, 6.07) is 0.403. The number of aromatic hydroxyl groups is 1. The first-order chi connectivity index (χ1) is 17.9. The van der Waals surface area contributed by atoms with Crippen molar-refractivity contribution >= 4 is 17.5 Å². The summed E-state index contributed by atoms with van der Waals surface area (Å²) in [5.41, 5.74) is 2.87. The van der Waals surface area contributed by atoms with Gasteiger partial charge in [0.15, 0.2) is 11.4 Å². The molecule has 1 heterocycles. The average Bonchev–Trinajstić information content (AvgIpc) is 2.86. The molecular weight excluding hydrogens is 494 g/mol. The van der Waals surface area contributed by atoms with Gasteiger partial charge in [0.1, 0.15) is 28.6 Å². The molecule has 1 unspecified atom stereocenters. The highest BCUT2D eigenvalue weighted by molar-refractivity contribution is 6.24. The van der Waals surface area contributed by atoms with Gasteiger partial charge in [-0.1, -0.05) is 6.42 Å². The first-order valence-electron chi connectivity index (χ1n) is 12.8. The van der Waals surface area contributed by atoms with E-state index in [0.29, 0.717) is 11.3 Å². The number of nitrogens with one attached hydrogen (secondary N) is 1. The van der Waals surface area contributed by atoms with E-state index in [2.05, 4.69) is 5.32 Å². The second kappa shape index (κ2) is 9.11. The minimum Gasteiger partial charge on any atom is -0.510 e. The minimum atomic E-state index is -2.66. The number of phenols is 1. The molecule has 38 heavy (non-hydrogen) atoms. The van der Waals surface area contributed by atoms with Crippen LogP contribution in [-0.4, -0.2) is 82.2 Å². The van der Waals surface area contributed by atoms with Crippen LogP contribution in [0.5, 0.6) is 11.5 Å². The quantitative estimate of drug-likeness (QED) is 0.308. The van der Waals surface area contributed by atoms with E-state index in [9.17, 15) is 34.8 Å². The summed E-state index contributed by atoms with van der Waals surface area (Å²) in [5, 5.41) is 48.4. The van der Waals surface area contributed by atoms with Gasteiger partial charge in [-0.25, -0.2) is 0 Å². The van der Waals surface area contributed by atoms with Crippen LogP contribution in [0.4, 0.5) is 0 Å². The molecule has 1 amide bonds. The number of aliphatic hydroxyl groups excluding tert-OH is 2. The molecule has 0 bridgehead atoms. The number of nitrogens with zero attached hydrogens (tertiary/aromatic N) is 1. The number of amides is 1. The predicted molar refractivity (Wildman–Crippen MR) is 135 cm³/mol. The van der Waals surface area contributed by atoms with E-state index in [-0.39, 0.29) is 35.8 Å². The van der Waals surface area contributed by atoms with E-state index in [4.69, 9.17) is 10.5 Å². The van der Waals surface area contributed by atoms with Gasteiger partial charge in [0, 0.05) is 28.7 Å². The van der Waals surface area contributed by atoms with Crippen molar-refractivity contribution in [3.8, 4) is 11.5 Å². The summed E-state index contributed by atoms with van der Waals surface area (Å²) in [4.78, 5) is 40.8. The Morgan fingerprint density at radius 3 is 2.50 bits per heavy atom. The number of fused-ring (bicyclic) bond motifs is 3. The van der Waals surface area contributed by atoms with Crippen molar-refractivity contribution in [1.29, 1.82) is 0 Å². The SMILES string of the molecule is COc1c(C2CCCCN2)cc(O)c2c1C[C@H]1C[C@H]3[C@H](N(C)C)C(O)=C(C(N)=O)C(=O)[C@@]3(O)C(O)=C1C2=O. The van der Waals surface area contributed by atoms with E-state index >= 15 is 0 Å². The number of carbonyl (C=O) groups is 3. The topological polar surface area (TPSA) is 183 Å². The monoisotopic (exact) mass is 527 g/mol. The van der Waals surface area contributed by atoms with Crippen molar-refractivity contribution in [3.63, 3.8) is 0 Å². The number of hydrogen-bond donors (Lipinski definition) is 6. The van der Waals surface area contributed by atoms with Crippen molar-refractivity contribution in [2.45, 2.75) is 49.8 Å². The third-order valence-electron chi connectivity index (χ3n) is 8.59. The van der Waals surface area contributed by atoms with Crippen LogP contribution in [0.1, 0.15) is 53.2 Å². The second-order valence-corrected chi connectivity index (χ2v) is 10.8. The zero-order chi connectivity index (χ0) is 27.7. The Kier molecular flexibility index (Phi) is 6.28. The van der Waals surface area contributed by atoms with E-state index in [1.807, 2.05) is 0 Å². The van der Waals surface area contributed by atoms with Gasteiger partial charge in [-0.2, -0.15) is 0 Å². The summed E-state index contributed by atoms with van der Waals surface area (Å²) in [5.74, 6) is -6.24. The molecule has 1 aromatic rings. The van der Waals surface area contributed by atoms with Gasteiger partial charge in [0.25, 0.3) is 5.91 Å². The lowest BCUT2D eigenvalue weighted by atomic mass is 9.58. The van der Waals surface area contributed by atoms with Crippen molar-refractivity contribution in [2.24, 2.45) is 17.6 Å². The highest BCUT2D eigenvalue weighted by Crippen LogP contribution is 2.54. The maximum atomic E-state index is 13.8. The Hall–Kier alpha value is -3.41. The van der Waals surface area contributed by atoms with E-state index in [1.54, 1.807) is 14.1 Å². The number of carbonyl (C=O) groups excluding carboxylic acids is 3. The fourth-order valence-corrected chi connectivity index (χ4v) is 6.94. The third kappa shape index (κ3) is 3.49. The van der Waals surface area contributed by atoms with E-state index < -0.39 is 58.0 Å². The lowest BCUT2D eigenvalue weighted by molar-refractivity contribution is -0.148. The number of phenolic OH excluding ortho intramolecular Hbond substituents is 1. The Bertz CT molecular complexity index is 1310. The Labute approximate surface area is 219 Å². The highest BCUT2D eigenvalue weighted by Gasteiger charge is 2.63. The molecule has 1 saturated heterocycles. The lowest BCUT2D eigenvalue weighted by Crippen LogP contribution is -2.63. The minimum absolute atomic E-state index is 0.0293. The summed E-state index contributed by atoms with van der Waals surface area (Å²) >= 11 is 0. The van der Waals surface area contributed by atoms with Gasteiger partial charge in [-0.15, -0.1) is 0 Å². The fourth-order valence-electron chi connectivity index (χ4n) is 6.94. The summed E-state index contributed by atoms with van der Waals surface area (Å²) < 4.78 is 5.77. The van der Waals surface area contributed by atoms with Crippen LogP contribution in [0.15, 0.2) is 28.7 Å². The number of piperidine rings is 1. The first-order valence-corrected chi connectivity index (χ1v) is 12.8. The lowest BCUT2D eigenvalue weighted by Gasteiger charge is -2.50. The molecule has 0 spiro atoms. The van der Waals surface area contributed by atoms with Crippen molar-refractivity contribution in [3.05, 3.63) is 45.4 Å². The van der Waals surface area contributed by atoms with Crippen molar-refractivity contribution < 1.29 is 39.5 Å². The predicted octanol–water partition coefficient (Wildman–Crippen LogP) is 0.944. The van der Waals surface area contributed by atoms with E-state index in [0.717, 1.165) is 31.4 Å². The maximum Gasteiger partial charge on any atom is 0.255 e. The number of methoxy groups -OCH3 is 1. The van der Waals surface area contributed by atoms with Crippen molar-refractivity contribution in [2.75, 3.05) is 27.7 Å². The third-order valence-corrected chi connectivity index (χ3v) is 8.59. The number of aliphatic hydroxyl groups is 3. The van der Waals surface area contributed by atoms with Gasteiger partial charge in [-0.05, 0) is 58.3 Å². The molecule has 1 aliphatic heterocycles. The average molecular weight is 528 g/mol. The molecule has 11 heteroatoms. The molecule has 0 radical (unpaired) electrons. The normalized spacial score (nSPS) is 31.2. The van der Waals surface area contributed by atoms with Crippen LogP contribution in [0.3, 0.4) is 0 Å². The number of allylic oxidation sites excluding steroid dienone is 1. The molecule has 204 valence electrons. The molecule has 0 aromatic heterocycles. The van der Waals surface area contributed by atoms with Crippen LogP contribution >= 0.6 is 0 Å². The summed E-state index contributed by atoms with van der Waals surface area (Å²) in [6.45, 7) is 0.818. The summed E-state index contributed by atoms with van der Waals surface area (Å²) in [6.07, 6.45) is 3.10. The van der Waals surface area contributed by atoms with E-state index in [1.165, 1.54) is 18.1 Å². The summed E-state index contributed by atoms with van der Waals surface area (Å²) in [7, 11) is 4.69. The van der Waals surface area contributed by atoms with Crippen LogP contribution < -0.4 is 15.8 Å². The number of rotatable bonds is 4. The van der Waals surface area contributed by atoms with Crippen LogP contribution in [0, 0.1) is 11.8 Å². The number of benzene rings is 1.